The summed E-state index contributed by atoms with van der Waals surface area (Å²) in [5.41, 5.74) is 0.249. The third-order valence-electron chi connectivity index (χ3n) is 3.04. The van der Waals surface area contributed by atoms with Gasteiger partial charge in [-0.15, -0.1) is 0 Å². The van der Waals surface area contributed by atoms with Crippen LogP contribution < -0.4 is 10.6 Å². The van der Waals surface area contributed by atoms with Crippen LogP contribution in [0.4, 0.5) is 4.79 Å². The third-order valence-corrected chi connectivity index (χ3v) is 3.04. The van der Waals surface area contributed by atoms with E-state index in [0.717, 1.165) is 19.3 Å². The summed E-state index contributed by atoms with van der Waals surface area (Å²) in [6.07, 6.45) is 1.36. The number of carbonyl (C=O) groups is 2. The van der Waals surface area contributed by atoms with Crippen molar-refractivity contribution in [1.29, 1.82) is 0 Å². The Labute approximate surface area is 100 Å². The molecule has 6 heteroatoms. The lowest BCUT2D eigenvalue weighted by atomic mass is 9.92. The molecule has 17 heavy (non-hydrogen) atoms. The number of urea groups is 1. The van der Waals surface area contributed by atoms with E-state index >= 15 is 0 Å². The van der Waals surface area contributed by atoms with Crippen molar-refractivity contribution in [1.82, 2.24) is 10.6 Å². The van der Waals surface area contributed by atoms with Gasteiger partial charge in [-0.2, -0.15) is 0 Å². The summed E-state index contributed by atoms with van der Waals surface area (Å²) in [7, 11) is 0. The standard InChI is InChI=1S/C11H20N2O4/c1-11(2)4-3-7(5-11)13-10(17)12-6-8(14)9(15)16/h7-8,14H,3-6H2,1-2H3,(H,15,16)(H2,12,13,17). The van der Waals surface area contributed by atoms with E-state index in [1.165, 1.54) is 0 Å². The van der Waals surface area contributed by atoms with Gasteiger partial charge in [0.2, 0.25) is 0 Å². The molecule has 1 fully saturated rings. The van der Waals surface area contributed by atoms with Crippen LogP contribution in [0.3, 0.4) is 0 Å². The second-order valence-electron chi connectivity index (χ2n) is 5.31. The topological polar surface area (TPSA) is 98.7 Å². The predicted octanol–water partition coefficient (Wildman–Crippen LogP) is 0.310. The van der Waals surface area contributed by atoms with E-state index in [9.17, 15) is 9.59 Å². The number of hydrogen-bond acceptors (Lipinski definition) is 3. The first-order chi connectivity index (χ1) is 7.80. The van der Waals surface area contributed by atoms with E-state index in [1.807, 2.05) is 0 Å². The van der Waals surface area contributed by atoms with Gasteiger partial charge in [0, 0.05) is 6.04 Å². The van der Waals surface area contributed by atoms with Crippen molar-refractivity contribution < 1.29 is 19.8 Å². The SMILES string of the molecule is CC1(C)CCC(NC(=O)NCC(O)C(=O)O)C1. The van der Waals surface area contributed by atoms with E-state index in [-0.39, 0.29) is 18.0 Å². The van der Waals surface area contributed by atoms with Crippen molar-refractivity contribution in [2.24, 2.45) is 5.41 Å². The van der Waals surface area contributed by atoms with Gasteiger partial charge in [-0.1, -0.05) is 13.8 Å². The molecule has 1 aliphatic rings. The molecule has 0 aromatic heterocycles. The number of rotatable bonds is 4. The largest absolute Gasteiger partial charge is 0.479 e. The van der Waals surface area contributed by atoms with Gasteiger partial charge in [0.1, 0.15) is 0 Å². The summed E-state index contributed by atoms with van der Waals surface area (Å²) < 4.78 is 0. The second-order valence-corrected chi connectivity index (χ2v) is 5.31. The molecule has 0 aromatic carbocycles. The molecule has 0 aromatic rings. The summed E-state index contributed by atoms with van der Waals surface area (Å²) >= 11 is 0. The number of aliphatic carboxylic acids is 1. The smallest absolute Gasteiger partial charge is 0.334 e. The third kappa shape index (κ3) is 4.60. The zero-order chi connectivity index (χ0) is 13.1. The molecule has 6 nitrogen and oxygen atoms in total. The Kier molecular flexibility index (Phi) is 4.34. The van der Waals surface area contributed by atoms with Crippen LogP contribution in [0.2, 0.25) is 0 Å². The Hall–Kier alpha value is -1.30. The maximum atomic E-state index is 11.4. The van der Waals surface area contributed by atoms with Crippen molar-refractivity contribution in [3.8, 4) is 0 Å². The Morgan fingerprint density at radius 2 is 2.12 bits per heavy atom. The van der Waals surface area contributed by atoms with E-state index in [2.05, 4.69) is 24.5 Å². The zero-order valence-corrected chi connectivity index (χ0v) is 10.2. The van der Waals surface area contributed by atoms with Crippen LogP contribution in [0.25, 0.3) is 0 Å². The van der Waals surface area contributed by atoms with Crippen LogP contribution in [-0.2, 0) is 4.79 Å². The minimum Gasteiger partial charge on any atom is -0.479 e. The number of carboxylic acid groups (broad SMARTS) is 1. The van der Waals surface area contributed by atoms with Crippen molar-refractivity contribution in [2.45, 2.75) is 45.3 Å². The molecule has 0 saturated heterocycles. The van der Waals surface area contributed by atoms with Crippen molar-refractivity contribution in [3.05, 3.63) is 0 Å². The average Bonchev–Trinajstić information content (AvgIpc) is 2.54. The summed E-state index contributed by atoms with van der Waals surface area (Å²) in [6.45, 7) is 4.03. The molecule has 4 N–H and O–H groups in total. The van der Waals surface area contributed by atoms with Gasteiger partial charge in [0.15, 0.2) is 6.10 Å². The molecule has 0 bridgehead atoms. The summed E-state index contributed by atoms with van der Waals surface area (Å²) in [4.78, 5) is 21.7. The summed E-state index contributed by atoms with van der Waals surface area (Å²) in [6, 6.07) is -0.292. The minimum absolute atomic E-state index is 0.131. The molecule has 1 saturated carbocycles. The quantitative estimate of drug-likeness (QED) is 0.572. The van der Waals surface area contributed by atoms with Crippen LogP contribution in [0.5, 0.6) is 0 Å². The number of aliphatic hydroxyl groups excluding tert-OH is 1. The number of hydrogen-bond donors (Lipinski definition) is 4. The normalized spacial score (nSPS) is 24.1. The highest BCUT2D eigenvalue weighted by Crippen LogP contribution is 2.36. The lowest BCUT2D eigenvalue weighted by Crippen LogP contribution is -2.45. The van der Waals surface area contributed by atoms with E-state index < -0.39 is 18.1 Å². The van der Waals surface area contributed by atoms with Crippen LogP contribution >= 0.6 is 0 Å². The van der Waals surface area contributed by atoms with Gasteiger partial charge in [-0.25, -0.2) is 9.59 Å². The highest BCUT2D eigenvalue weighted by atomic mass is 16.4. The molecule has 2 atom stereocenters. The van der Waals surface area contributed by atoms with Gasteiger partial charge in [-0.3, -0.25) is 0 Å². The molecule has 0 radical (unpaired) electrons. The van der Waals surface area contributed by atoms with E-state index in [4.69, 9.17) is 10.2 Å². The van der Waals surface area contributed by atoms with Crippen LogP contribution in [0, 0.1) is 5.41 Å². The molecule has 1 rings (SSSR count). The molecule has 98 valence electrons. The van der Waals surface area contributed by atoms with E-state index in [0.29, 0.717) is 0 Å². The number of amides is 2. The number of nitrogens with one attached hydrogen (secondary N) is 2. The van der Waals surface area contributed by atoms with Gasteiger partial charge in [-0.05, 0) is 24.7 Å². The van der Waals surface area contributed by atoms with Crippen LogP contribution in [0.15, 0.2) is 0 Å². The first kappa shape index (κ1) is 13.8. The number of aliphatic hydroxyl groups is 1. The molecule has 2 amide bonds. The molecule has 0 heterocycles. The Balaban J connectivity index is 2.24. The molecular formula is C11H20N2O4. The Morgan fingerprint density at radius 1 is 1.47 bits per heavy atom. The summed E-state index contributed by atoms with van der Waals surface area (Å²) in [5, 5.41) is 22.5. The highest BCUT2D eigenvalue weighted by Gasteiger charge is 2.31. The number of carboxylic acids is 1. The van der Waals surface area contributed by atoms with Crippen molar-refractivity contribution in [3.63, 3.8) is 0 Å². The summed E-state index contributed by atoms with van der Waals surface area (Å²) in [5.74, 6) is -1.34. The highest BCUT2D eigenvalue weighted by molar-refractivity contribution is 5.76. The fourth-order valence-corrected chi connectivity index (χ4v) is 2.07. The maximum Gasteiger partial charge on any atom is 0.334 e. The first-order valence-electron chi connectivity index (χ1n) is 5.75. The molecule has 1 aliphatic carbocycles. The lowest BCUT2D eigenvalue weighted by Gasteiger charge is -2.18. The van der Waals surface area contributed by atoms with Gasteiger partial charge >= 0.3 is 12.0 Å². The number of carbonyl (C=O) groups excluding carboxylic acids is 1. The van der Waals surface area contributed by atoms with Crippen molar-refractivity contribution >= 4 is 12.0 Å². The molecule has 0 spiro atoms. The monoisotopic (exact) mass is 244 g/mol. The first-order valence-corrected chi connectivity index (χ1v) is 5.75. The Bertz CT molecular complexity index is 304. The molecular weight excluding hydrogens is 224 g/mol. The fraction of sp³-hybridized carbons (Fsp3) is 0.818. The Morgan fingerprint density at radius 3 is 2.59 bits per heavy atom. The van der Waals surface area contributed by atoms with Gasteiger partial charge in [0.25, 0.3) is 0 Å². The fourth-order valence-electron chi connectivity index (χ4n) is 2.07. The van der Waals surface area contributed by atoms with Crippen molar-refractivity contribution in [2.75, 3.05) is 6.54 Å². The lowest BCUT2D eigenvalue weighted by molar-refractivity contribution is -0.146. The van der Waals surface area contributed by atoms with Gasteiger partial charge < -0.3 is 20.8 Å². The van der Waals surface area contributed by atoms with Gasteiger partial charge in [0.05, 0.1) is 6.54 Å². The average molecular weight is 244 g/mol. The maximum absolute atomic E-state index is 11.4. The molecule has 2 unspecified atom stereocenters. The van der Waals surface area contributed by atoms with E-state index in [1.54, 1.807) is 0 Å². The van der Waals surface area contributed by atoms with Crippen LogP contribution in [0.1, 0.15) is 33.1 Å². The molecule has 0 aliphatic heterocycles. The minimum atomic E-state index is -1.55. The second kappa shape index (κ2) is 5.35. The predicted molar refractivity (Wildman–Crippen MR) is 61.6 cm³/mol. The van der Waals surface area contributed by atoms with Crippen LogP contribution in [-0.4, -0.2) is 40.9 Å². The zero-order valence-electron chi connectivity index (χ0n) is 10.2.